The minimum absolute atomic E-state index is 0.804. The molecule has 11 heavy (non-hydrogen) atoms. The highest BCUT2D eigenvalue weighted by molar-refractivity contribution is 6.85. The number of ketones is 1. The molecule has 0 aromatic heterocycles. The third-order valence-corrected chi connectivity index (χ3v) is 5.09. The SMILES string of the molecule is O=C1C(Cl)(Cl)C(Cl)(Cl)C1(Cl)Cl. The molecular weight excluding hydrogens is 277 g/mol. The van der Waals surface area contributed by atoms with E-state index in [0.717, 1.165) is 0 Å². The first-order valence-corrected chi connectivity index (χ1v) is 4.61. The second-order valence-corrected chi connectivity index (χ2v) is 6.03. The lowest BCUT2D eigenvalue weighted by molar-refractivity contribution is -0.126. The number of hydrogen-bond donors (Lipinski definition) is 0. The third-order valence-electron chi connectivity index (χ3n) is 1.36. The Hall–Kier alpha value is 1.41. The fraction of sp³-hybridized carbons (Fsp3) is 0.750. The quantitative estimate of drug-likeness (QED) is 0.622. The van der Waals surface area contributed by atoms with Gasteiger partial charge in [0, 0.05) is 0 Å². The maximum Gasteiger partial charge on any atom is 0.215 e. The molecule has 1 rings (SSSR count). The number of rotatable bonds is 0. The van der Waals surface area contributed by atoms with Gasteiger partial charge in [-0.3, -0.25) is 4.79 Å². The normalized spacial score (nSPS) is 31.3. The largest absolute Gasteiger partial charge is 0.293 e. The van der Waals surface area contributed by atoms with Crippen molar-refractivity contribution in [3.05, 3.63) is 0 Å². The minimum atomic E-state index is -1.92. The maximum absolute atomic E-state index is 10.9. The van der Waals surface area contributed by atoms with Gasteiger partial charge in [0.1, 0.15) is 0 Å². The number of alkyl halides is 6. The molecule has 1 aliphatic carbocycles. The number of halogens is 6. The van der Waals surface area contributed by atoms with E-state index in [0.29, 0.717) is 0 Å². The van der Waals surface area contributed by atoms with Crippen molar-refractivity contribution >= 4 is 75.4 Å². The molecule has 0 N–H and O–H groups in total. The lowest BCUT2D eigenvalue weighted by Gasteiger charge is -2.49. The van der Waals surface area contributed by atoms with Crippen LogP contribution in [-0.4, -0.2) is 18.8 Å². The molecule has 7 heteroatoms. The number of carbonyl (C=O) groups excluding carboxylic acids is 1. The molecule has 0 aromatic rings. The molecule has 1 nitrogen and oxygen atoms in total. The van der Waals surface area contributed by atoms with Gasteiger partial charge in [-0.1, -0.05) is 69.6 Å². The zero-order valence-corrected chi connectivity index (χ0v) is 9.21. The van der Waals surface area contributed by atoms with Gasteiger partial charge in [-0.2, -0.15) is 0 Å². The van der Waals surface area contributed by atoms with Crippen molar-refractivity contribution in [2.75, 3.05) is 0 Å². The molecule has 0 saturated heterocycles. The van der Waals surface area contributed by atoms with Gasteiger partial charge in [0.2, 0.25) is 14.4 Å². The van der Waals surface area contributed by atoms with Crippen LogP contribution in [0.1, 0.15) is 0 Å². The predicted molar refractivity (Wildman–Crippen MR) is 48.3 cm³/mol. The average molecular weight is 277 g/mol. The van der Waals surface area contributed by atoms with Gasteiger partial charge in [-0.25, -0.2) is 0 Å². The molecule has 1 fully saturated rings. The molecule has 1 aliphatic rings. The summed E-state index contributed by atoms with van der Waals surface area (Å²) < 4.78 is -5.69. The lowest BCUT2D eigenvalue weighted by Crippen LogP contribution is -2.72. The molecule has 0 radical (unpaired) electrons. The van der Waals surface area contributed by atoms with Crippen LogP contribution in [-0.2, 0) is 4.79 Å². The first-order valence-electron chi connectivity index (χ1n) is 2.34. The van der Waals surface area contributed by atoms with E-state index in [1.54, 1.807) is 0 Å². The Morgan fingerprint density at radius 1 is 0.818 bits per heavy atom. The Morgan fingerprint density at radius 2 is 1.09 bits per heavy atom. The monoisotopic (exact) mass is 274 g/mol. The Labute approximate surface area is 92.8 Å². The first kappa shape index (κ1) is 10.5. The van der Waals surface area contributed by atoms with E-state index in [-0.39, 0.29) is 0 Å². The molecule has 64 valence electrons. The van der Waals surface area contributed by atoms with Crippen LogP contribution in [0.3, 0.4) is 0 Å². The molecule has 0 aliphatic heterocycles. The summed E-state index contributed by atoms with van der Waals surface area (Å²) in [7, 11) is 0. The summed E-state index contributed by atoms with van der Waals surface area (Å²) >= 11 is 32.7. The van der Waals surface area contributed by atoms with E-state index in [2.05, 4.69) is 0 Å². The molecule has 0 amide bonds. The fourth-order valence-corrected chi connectivity index (χ4v) is 2.48. The summed E-state index contributed by atoms with van der Waals surface area (Å²) in [5.41, 5.74) is 0. The van der Waals surface area contributed by atoms with Crippen molar-refractivity contribution in [2.24, 2.45) is 0 Å². The van der Waals surface area contributed by atoms with Gasteiger partial charge in [0.05, 0.1) is 0 Å². The van der Waals surface area contributed by atoms with Crippen molar-refractivity contribution in [1.82, 2.24) is 0 Å². The van der Waals surface area contributed by atoms with Gasteiger partial charge in [0.15, 0.2) is 4.33 Å². The van der Waals surface area contributed by atoms with Crippen molar-refractivity contribution in [2.45, 2.75) is 13.0 Å². The Kier molecular flexibility index (Phi) is 2.35. The summed E-state index contributed by atoms with van der Waals surface area (Å²) in [4.78, 5) is 10.9. The highest BCUT2D eigenvalue weighted by Crippen LogP contribution is 2.65. The zero-order chi connectivity index (χ0) is 9.08. The van der Waals surface area contributed by atoms with Crippen LogP contribution in [0.25, 0.3) is 0 Å². The van der Waals surface area contributed by atoms with Gasteiger partial charge in [-0.15, -0.1) is 0 Å². The molecule has 0 aromatic carbocycles. The molecule has 0 spiro atoms. The van der Waals surface area contributed by atoms with Crippen LogP contribution in [0.2, 0.25) is 0 Å². The highest BCUT2D eigenvalue weighted by Gasteiger charge is 2.79. The highest BCUT2D eigenvalue weighted by atomic mass is 35.5. The molecule has 0 unspecified atom stereocenters. The second kappa shape index (κ2) is 2.46. The Bertz CT molecular complexity index is 199. The standard InChI is InChI=1S/C4Cl6O/c5-2(6)1(11)3(7,8)4(2,9)10. The van der Waals surface area contributed by atoms with Crippen molar-refractivity contribution < 1.29 is 4.79 Å². The molecule has 1 saturated carbocycles. The topological polar surface area (TPSA) is 17.1 Å². The van der Waals surface area contributed by atoms with Crippen LogP contribution in [0, 0.1) is 0 Å². The van der Waals surface area contributed by atoms with Crippen molar-refractivity contribution in [3.63, 3.8) is 0 Å². The Morgan fingerprint density at radius 3 is 1.18 bits per heavy atom. The average Bonchev–Trinajstić information content (AvgIpc) is 1.84. The van der Waals surface area contributed by atoms with Crippen LogP contribution in [0.5, 0.6) is 0 Å². The lowest BCUT2D eigenvalue weighted by atomic mass is 9.93. The first-order chi connectivity index (χ1) is 4.65. The van der Waals surface area contributed by atoms with Crippen LogP contribution in [0.4, 0.5) is 0 Å². The van der Waals surface area contributed by atoms with Gasteiger partial charge < -0.3 is 0 Å². The van der Waals surface area contributed by atoms with Crippen LogP contribution >= 0.6 is 69.6 Å². The number of hydrogen-bond acceptors (Lipinski definition) is 1. The summed E-state index contributed by atoms with van der Waals surface area (Å²) in [6.07, 6.45) is 0. The third kappa shape index (κ3) is 1.02. The van der Waals surface area contributed by atoms with Crippen LogP contribution in [0.15, 0.2) is 0 Å². The summed E-state index contributed by atoms with van der Waals surface area (Å²) in [5.74, 6) is -0.804. The number of Topliss-reactive ketones (excluding diaryl/α,β-unsaturated/α-hetero) is 1. The smallest absolute Gasteiger partial charge is 0.215 e. The van der Waals surface area contributed by atoms with Crippen molar-refractivity contribution in [1.29, 1.82) is 0 Å². The van der Waals surface area contributed by atoms with E-state index < -0.39 is 18.8 Å². The Balaban J connectivity index is 3.08. The summed E-state index contributed by atoms with van der Waals surface area (Å²) in [6.45, 7) is 0. The molecule has 0 bridgehead atoms. The van der Waals surface area contributed by atoms with E-state index in [1.165, 1.54) is 0 Å². The van der Waals surface area contributed by atoms with Crippen molar-refractivity contribution in [3.8, 4) is 0 Å². The van der Waals surface area contributed by atoms with Gasteiger partial charge in [-0.05, 0) is 0 Å². The zero-order valence-electron chi connectivity index (χ0n) is 4.68. The second-order valence-electron chi connectivity index (χ2n) is 2.05. The predicted octanol–water partition coefficient (Wildman–Crippen LogP) is 3.09. The van der Waals surface area contributed by atoms with E-state index in [9.17, 15) is 4.79 Å². The minimum Gasteiger partial charge on any atom is -0.293 e. The summed E-state index contributed by atoms with van der Waals surface area (Å²) in [5, 5.41) is 0. The maximum atomic E-state index is 10.9. The van der Waals surface area contributed by atoms with Gasteiger partial charge in [0.25, 0.3) is 0 Å². The number of carbonyl (C=O) groups is 1. The van der Waals surface area contributed by atoms with Crippen LogP contribution < -0.4 is 0 Å². The van der Waals surface area contributed by atoms with Gasteiger partial charge >= 0.3 is 0 Å². The molecule has 0 atom stereocenters. The molecule has 0 heterocycles. The van der Waals surface area contributed by atoms with E-state index in [1.807, 2.05) is 0 Å². The van der Waals surface area contributed by atoms with E-state index >= 15 is 0 Å². The fourth-order valence-electron chi connectivity index (χ4n) is 0.617. The van der Waals surface area contributed by atoms with E-state index in [4.69, 9.17) is 69.6 Å². The molecular formula is C4Cl6O. The summed E-state index contributed by atoms with van der Waals surface area (Å²) in [6, 6.07) is 0.